The van der Waals surface area contributed by atoms with E-state index >= 15 is 0 Å². The third-order valence-electron chi connectivity index (χ3n) is 1.03. The Kier molecular flexibility index (Phi) is 11.2. The van der Waals surface area contributed by atoms with Gasteiger partial charge in [0.1, 0.15) is 0 Å². The summed E-state index contributed by atoms with van der Waals surface area (Å²) < 4.78 is 5.29. The average Bonchev–Trinajstić information content (AvgIpc) is 1.97. The monoisotopic (exact) mass is 200 g/mol. The van der Waals surface area contributed by atoms with Gasteiger partial charge in [0.05, 0.1) is 0 Å². The zero-order chi connectivity index (χ0) is 7.66. The Morgan fingerprint density at radius 2 is 2.00 bits per heavy atom. The lowest BCUT2D eigenvalue weighted by atomic mass is 10.5. The predicted molar refractivity (Wildman–Crippen MR) is 53.7 cm³/mol. The molecule has 0 aromatic heterocycles. The van der Waals surface area contributed by atoms with E-state index in [4.69, 9.17) is 16.3 Å². The molecule has 10 heavy (non-hydrogen) atoms. The predicted octanol–water partition coefficient (Wildman–Crippen LogP) is 2.49. The fourth-order valence-electron chi connectivity index (χ4n) is 0.535. The molecule has 0 saturated heterocycles. The first-order valence-corrected chi connectivity index (χ1v) is 7.04. The van der Waals surface area contributed by atoms with Crippen molar-refractivity contribution in [3.63, 3.8) is 0 Å². The van der Waals surface area contributed by atoms with E-state index < -0.39 is 0 Å². The van der Waals surface area contributed by atoms with Crippen LogP contribution in [0.1, 0.15) is 12.8 Å². The third-order valence-corrected chi connectivity index (χ3v) is 2.81. The van der Waals surface area contributed by atoms with Crippen LogP contribution in [0.25, 0.3) is 0 Å². The quantitative estimate of drug-likeness (QED) is 0.349. The molecule has 0 fully saturated rings. The Balaban J connectivity index is 2.65. The minimum absolute atomic E-state index is 0.714. The van der Waals surface area contributed by atoms with E-state index in [0.717, 1.165) is 27.9 Å². The number of hydrogen-bond donors (Lipinski definition) is 0. The smallest absolute Gasteiger partial charge is 0.0477 e. The van der Waals surface area contributed by atoms with Gasteiger partial charge in [0.15, 0.2) is 0 Å². The lowest BCUT2D eigenvalue weighted by molar-refractivity contribution is 0.136. The first kappa shape index (κ1) is 11.1. The molecule has 2 atom stereocenters. The molecule has 0 radical (unpaired) electrons. The molecule has 0 rings (SSSR count). The highest BCUT2D eigenvalue weighted by molar-refractivity contribution is 8.02. The van der Waals surface area contributed by atoms with Crippen molar-refractivity contribution in [2.75, 3.05) is 25.3 Å². The first-order chi connectivity index (χ1) is 4.91. The van der Waals surface area contributed by atoms with Crippen LogP contribution in [0.2, 0.25) is 0 Å². The van der Waals surface area contributed by atoms with Crippen LogP contribution in [-0.4, -0.2) is 25.3 Å². The second-order valence-electron chi connectivity index (χ2n) is 1.96. The van der Waals surface area contributed by atoms with Gasteiger partial charge in [-0.15, -0.1) is 28.8 Å². The minimum Gasteiger partial charge on any atom is -0.381 e. The molecule has 0 bridgehead atoms. The van der Waals surface area contributed by atoms with Crippen LogP contribution in [0.5, 0.6) is 0 Å². The molecule has 0 N–H and O–H groups in total. The Hall–Kier alpha value is 1.11. The number of rotatable bonds is 7. The SMILES string of the molecule is PPCCCOCCCCl. The second-order valence-corrected chi connectivity index (χ2v) is 4.47. The van der Waals surface area contributed by atoms with Gasteiger partial charge in [-0.2, -0.15) is 0 Å². The van der Waals surface area contributed by atoms with Crippen LogP contribution in [0, 0.1) is 0 Å². The molecule has 62 valence electrons. The van der Waals surface area contributed by atoms with Gasteiger partial charge < -0.3 is 4.74 Å². The van der Waals surface area contributed by atoms with Crippen molar-refractivity contribution in [3.8, 4) is 0 Å². The second kappa shape index (κ2) is 10.1. The highest BCUT2D eigenvalue weighted by Crippen LogP contribution is 2.19. The van der Waals surface area contributed by atoms with Crippen molar-refractivity contribution in [2.45, 2.75) is 12.8 Å². The molecule has 0 amide bonds. The van der Waals surface area contributed by atoms with Gasteiger partial charge >= 0.3 is 0 Å². The number of hydrogen-bond acceptors (Lipinski definition) is 1. The highest BCUT2D eigenvalue weighted by atomic mass is 35.5. The van der Waals surface area contributed by atoms with Crippen LogP contribution in [-0.2, 0) is 4.74 Å². The lowest BCUT2D eigenvalue weighted by Crippen LogP contribution is -1.97. The first-order valence-electron chi connectivity index (χ1n) is 3.49. The van der Waals surface area contributed by atoms with Crippen LogP contribution in [0.4, 0.5) is 0 Å². The van der Waals surface area contributed by atoms with Gasteiger partial charge in [0, 0.05) is 19.1 Å². The fourth-order valence-corrected chi connectivity index (χ4v) is 1.60. The van der Waals surface area contributed by atoms with Crippen molar-refractivity contribution in [3.05, 3.63) is 0 Å². The van der Waals surface area contributed by atoms with Crippen molar-refractivity contribution >= 4 is 28.8 Å². The van der Waals surface area contributed by atoms with E-state index in [1.807, 2.05) is 0 Å². The summed E-state index contributed by atoms with van der Waals surface area (Å²) in [6.45, 7) is 1.72. The Labute approximate surface area is 72.1 Å². The molecule has 0 aliphatic carbocycles. The molecule has 0 heterocycles. The number of ether oxygens (including phenoxy) is 1. The maximum Gasteiger partial charge on any atom is 0.0477 e. The molecule has 0 spiro atoms. The normalized spacial score (nSPS) is 11.4. The van der Waals surface area contributed by atoms with Crippen molar-refractivity contribution in [1.82, 2.24) is 0 Å². The van der Waals surface area contributed by atoms with Crippen molar-refractivity contribution < 1.29 is 4.74 Å². The molecular weight excluding hydrogens is 185 g/mol. The topological polar surface area (TPSA) is 9.23 Å². The molecule has 2 unspecified atom stereocenters. The zero-order valence-corrected chi connectivity index (χ0v) is 9.02. The van der Waals surface area contributed by atoms with Gasteiger partial charge in [-0.05, 0) is 19.0 Å². The third kappa shape index (κ3) is 9.11. The van der Waals surface area contributed by atoms with E-state index in [0.29, 0.717) is 5.88 Å². The molecule has 0 aromatic rings. The van der Waals surface area contributed by atoms with Gasteiger partial charge in [0.25, 0.3) is 0 Å². The summed E-state index contributed by atoms with van der Waals surface area (Å²) in [4.78, 5) is 0. The molecule has 0 aromatic carbocycles. The van der Waals surface area contributed by atoms with E-state index in [2.05, 4.69) is 8.93 Å². The molecular formula is C6H15ClOP2. The molecule has 0 aliphatic heterocycles. The van der Waals surface area contributed by atoms with Gasteiger partial charge in [-0.3, -0.25) is 0 Å². The van der Waals surface area contributed by atoms with Crippen LogP contribution >= 0.6 is 28.8 Å². The molecule has 0 saturated carbocycles. The maximum absolute atomic E-state index is 5.46. The Bertz CT molecular complexity index is 55.7. The number of alkyl halides is 1. The van der Waals surface area contributed by atoms with Crippen LogP contribution in [0.3, 0.4) is 0 Å². The summed E-state index contributed by atoms with van der Waals surface area (Å²) in [6.07, 6.45) is 3.43. The van der Waals surface area contributed by atoms with E-state index in [1.165, 1.54) is 12.6 Å². The van der Waals surface area contributed by atoms with Crippen LogP contribution in [0.15, 0.2) is 0 Å². The summed E-state index contributed by atoms with van der Waals surface area (Å²) in [7, 11) is 3.72. The van der Waals surface area contributed by atoms with Gasteiger partial charge in [-0.25, -0.2) is 0 Å². The Morgan fingerprint density at radius 1 is 1.30 bits per heavy atom. The summed E-state index contributed by atoms with van der Waals surface area (Å²) >= 11 is 5.46. The summed E-state index contributed by atoms with van der Waals surface area (Å²) in [5, 5.41) is 0. The fraction of sp³-hybridized carbons (Fsp3) is 1.00. The minimum atomic E-state index is 0.714. The number of halogens is 1. The Morgan fingerprint density at radius 3 is 2.60 bits per heavy atom. The highest BCUT2D eigenvalue weighted by Gasteiger charge is 1.87. The van der Waals surface area contributed by atoms with Crippen molar-refractivity contribution in [1.29, 1.82) is 0 Å². The molecule has 0 aliphatic rings. The standard InChI is InChI=1S/C6H15ClOP2/c7-3-1-4-8-5-2-6-10-9/h10H,1-6,9H2. The largest absolute Gasteiger partial charge is 0.381 e. The van der Waals surface area contributed by atoms with E-state index in [1.54, 1.807) is 0 Å². The van der Waals surface area contributed by atoms with Crippen LogP contribution < -0.4 is 0 Å². The molecule has 1 nitrogen and oxygen atoms in total. The molecule has 4 heteroatoms. The summed E-state index contributed by atoms with van der Waals surface area (Å²) in [6, 6.07) is 0. The summed E-state index contributed by atoms with van der Waals surface area (Å²) in [5.74, 6) is 0.714. The van der Waals surface area contributed by atoms with Gasteiger partial charge in [0.2, 0.25) is 0 Å². The van der Waals surface area contributed by atoms with E-state index in [9.17, 15) is 0 Å². The van der Waals surface area contributed by atoms with Crippen molar-refractivity contribution in [2.24, 2.45) is 0 Å². The zero-order valence-electron chi connectivity index (χ0n) is 6.11. The maximum atomic E-state index is 5.46. The summed E-state index contributed by atoms with van der Waals surface area (Å²) in [5.41, 5.74) is 0. The van der Waals surface area contributed by atoms with Gasteiger partial charge in [-0.1, -0.05) is 0 Å². The lowest BCUT2D eigenvalue weighted by Gasteiger charge is -2.00. The average molecular weight is 201 g/mol. The van der Waals surface area contributed by atoms with E-state index in [-0.39, 0.29) is 0 Å².